The van der Waals surface area contributed by atoms with Crippen LogP contribution in [0.2, 0.25) is 0 Å². The first-order valence-corrected chi connectivity index (χ1v) is 9.10. The van der Waals surface area contributed by atoms with Crippen LogP contribution in [0.15, 0.2) is 0 Å². The number of hydrogen-bond donors (Lipinski definition) is 2. The number of aryl methyl sites for hydroxylation is 2. The van der Waals surface area contributed by atoms with Crippen molar-refractivity contribution in [2.24, 2.45) is 16.7 Å². The Morgan fingerprint density at radius 3 is 2.57 bits per heavy atom. The Kier molecular flexibility index (Phi) is 3.99. The standard InChI is InChI=1S/C17H24N2O3S/c1-16(2)10(8-9-17(16,3)14(21)22)13(20)19-15-18-11-6-4-5-7-12(11)23-15/h10H,4-9H2,1-3H3,(H,21,22)(H,18,19,20). The van der Waals surface area contributed by atoms with E-state index in [2.05, 4.69) is 10.3 Å². The Bertz CT molecular complexity index is 629. The molecule has 1 aromatic rings. The van der Waals surface area contributed by atoms with Crippen LogP contribution in [-0.2, 0) is 22.4 Å². The fourth-order valence-electron chi connectivity index (χ4n) is 3.94. The van der Waals surface area contributed by atoms with Crippen LogP contribution in [0.25, 0.3) is 0 Å². The summed E-state index contributed by atoms with van der Waals surface area (Å²) in [6, 6.07) is 0. The number of carboxylic acids is 1. The Balaban J connectivity index is 1.76. The SMILES string of the molecule is CC1(C(=O)O)CCC(C(=O)Nc2nc3c(s2)CCCC3)C1(C)C. The van der Waals surface area contributed by atoms with E-state index in [0.29, 0.717) is 18.0 Å². The molecule has 0 aromatic carbocycles. The zero-order chi connectivity index (χ0) is 16.8. The molecule has 1 heterocycles. The molecule has 0 radical (unpaired) electrons. The molecule has 5 nitrogen and oxygen atoms in total. The molecule has 1 aromatic heterocycles. The first kappa shape index (κ1) is 16.4. The highest BCUT2D eigenvalue weighted by Gasteiger charge is 2.58. The zero-order valence-electron chi connectivity index (χ0n) is 13.9. The maximum absolute atomic E-state index is 12.7. The molecule has 2 N–H and O–H groups in total. The van der Waals surface area contributed by atoms with Crippen LogP contribution in [0.4, 0.5) is 5.13 Å². The topological polar surface area (TPSA) is 79.3 Å². The second-order valence-corrected chi connectivity index (χ2v) is 8.62. The van der Waals surface area contributed by atoms with E-state index in [4.69, 9.17) is 0 Å². The summed E-state index contributed by atoms with van der Waals surface area (Å²) in [5, 5.41) is 13.2. The van der Waals surface area contributed by atoms with E-state index in [-0.39, 0.29) is 11.8 Å². The van der Waals surface area contributed by atoms with Crippen LogP contribution in [0.5, 0.6) is 0 Å². The molecule has 1 saturated carbocycles. The third-order valence-corrected chi connectivity index (χ3v) is 7.16. The molecule has 0 aliphatic heterocycles. The van der Waals surface area contributed by atoms with E-state index in [9.17, 15) is 14.7 Å². The summed E-state index contributed by atoms with van der Waals surface area (Å²) < 4.78 is 0. The van der Waals surface area contributed by atoms with Gasteiger partial charge in [0, 0.05) is 10.8 Å². The molecule has 2 aliphatic rings. The van der Waals surface area contributed by atoms with E-state index < -0.39 is 16.8 Å². The van der Waals surface area contributed by atoms with Crippen molar-refractivity contribution < 1.29 is 14.7 Å². The van der Waals surface area contributed by atoms with E-state index in [1.54, 1.807) is 18.3 Å². The summed E-state index contributed by atoms with van der Waals surface area (Å²) in [6.07, 6.45) is 5.53. The molecule has 0 spiro atoms. The third-order valence-electron chi connectivity index (χ3n) is 6.09. The first-order valence-electron chi connectivity index (χ1n) is 8.28. The molecule has 2 atom stereocenters. The number of nitrogens with one attached hydrogen (secondary N) is 1. The van der Waals surface area contributed by atoms with E-state index in [1.165, 1.54) is 11.3 Å². The largest absolute Gasteiger partial charge is 0.481 e. The lowest BCUT2D eigenvalue weighted by Crippen LogP contribution is -2.43. The molecular weight excluding hydrogens is 312 g/mol. The minimum atomic E-state index is -0.864. The Morgan fingerprint density at radius 1 is 1.26 bits per heavy atom. The number of carboxylic acid groups (broad SMARTS) is 1. The summed E-state index contributed by atoms with van der Waals surface area (Å²) in [5.41, 5.74) is -0.325. The number of amides is 1. The van der Waals surface area contributed by atoms with Gasteiger partial charge in [0.2, 0.25) is 5.91 Å². The highest BCUT2D eigenvalue weighted by atomic mass is 32.1. The van der Waals surface area contributed by atoms with E-state index in [1.807, 2.05) is 13.8 Å². The molecule has 23 heavy (non-hydrogen) atoms. The van der Waals surface area contributed by atoms with Gasteiger partial charge in [0.25, 0.3) is 0 Å². The van der Waals surface area contributed by atoms with Gasteiger partial charge in [-0.25, -0.2) is 4.98 Å². The van der Waals surface area contributed by atoms with Gasteiger partial charge < -0.3 is 10.4 Å². The van der Waals surface area contributed by atoms with Crippen LogP contribution in [0.3, 0.4) is 0 Å². The van der Waals surface area contributed by atoms with Crippen molar-refractivity contribution in [1.29, 1.82) is 0 Å². The normalized spacial score (nSPS) is 29.1. The van der Waals surface area contributed by atoms with Crippen molar-refractivity contribution in [3.05, 3.63) is 10.6 Å². The lowest BCUT2D eigenvalue weighted by molar-refractivity contribution is -0.154. The highest BCUT2D eigenvalue weighted by molar-refractivity contribution is 7.15. The second kappa shape index (κ2) is 5.58. The van der Waals surface area contributed by atoms with E-state index >= 15 is 0 Å². The predicted octanol–water partition coefficient (Wildman–Crippen LogP) is 3.49. The van der Waals surface area contributed by atoms with Crippen LogP contribution in [0, 0.1) is 16.7 Å². The van der Waals surface area contributed by atoms with Gasteiger partial charge in [0.05, 0.1) is 11.1 Å². The molecule has 3 rings (SSSR count). The molecule has 126 valence electrons. The number of fused-ring (bicyclic) bond motifs is 1. The number of carbonyl (C=O) groups excluding carboxylic acids is 1. The minimum Gasteiger partial charge on any atom is -0.481 e. The van der Waals surface area contributed by atoms with Crippen molar-refractivity contribution in [3.8, 4) is 0 Å². The van der Waals surface area contributed by atoms with Gasteiger partial charge in [0.15, 0.2) is 5.13 Å². The molecule has 6 heteroatoms. The van der Waals surface area contributed by atoms with Crippen LogP contribution >= 0.6 is 11.3 Å². The maximum Gasteiger partial charge on any atom is 0.309 e. The quantitative estimate of drug-likeness (QED) is 0.885. The zero-order valence-corrected chi connectivity index (χ0v) is 14.8. The summed E-state index contributed by atoms with van der Waals surface area (Å²) in [4.78, 5) is 30.2. The van der Waals surface area contributed by atoms with Gasteiger partial charge >= 0.3 is 5.97 Å². The van der Waals surface area contributed by atoms with Gasteiger partial charge in [-0.05, 0) is 50.9 Å². The lowest BCUT2D eigenvalue weighted by Gasteiger charge is -2.37. The van der Waals surface area contributed by atoms with Crippen LogP contribution in [0.1, 0.15) is 57.0 Å². The molecule has 1 amide bonds. The number of nitrogens with zero attached hydrogens (tertiary/aromatic N) is 1. The van der Waals surface area contributed by atoms with Crippen molar-refractivity contribution >= 4 is 28.3 Å². The number of anilines is 1. The van der Waals surface area contributed by atoms with Crippen molar-refractivity contribution in [3.63, 3.8) is 0 Å². The van der Waals surface area contributed by atoms with Crippen molar-refractivity contribution in [2.75, 3.05) is 5.32 Å². The molecule has 2 aliphatic carbocycles. The van der Waals surface area contributed by atoms with Crippen LogP contribution in [-0.4, -0.2) is 22.0 Å². The molecule has 0 bridgehead atoms. The summed E-state index contributed by atoms with van der Waals surface area (Å²) in [5.74, 6) is -1.21. The number of rotatable bonds is 3. The predicted molar refractivity (Wildman–Crippen MR) is 89.6 cm³/mol. The molecule has 0 saturated heterocycles. The van der Waals surface area contributed by atoms with Gasteiger partial charge in [-0.2, -0.15) is 0 Å². The summed E-state index contributed by atoms with van der Waals surface area (Å²) in [6.45, 7) is 5.54. The molecule has 2 unspecified atom stereocenters. The van der Waals surface area contributed by atoms with Crippen LogP contribution < -0.4 is 5.32 Å². The fourth-order valence-corrected chi connectivity index (χ4v) is 4.99. The molecular formula is C17H24N2O3S. The smallest absolute Gasteiger partial charge is 0.309 e. The van der Waals surface area contributed by atoms with Gasteiger partial charge in [-0.1, -0.05) is 13.8 Å². The lowest BCUT2D eigenvalue weighted by atomic mass is 9.65. The summed E-state index contributed by atoms with van der Waals surface area (Å²) >= 11 is 1.57. The third kappa shape index (κ3) is 2.57. The minimum absolute atomic E-state index is 0.0916. The monoisotopic (exact) mass is 336 g/mol. The number of hydrogen-bond acceptors (Lipinski definition) is 4. The summed E-state index contributed by atoms with van der Waals surface area (Å²) in [7, 11) is 0. The fraction of sp³-hybridized carbons (Fsp3) is 0.706. The Labute approximate surface area is 140 Å². The average Bonchev–Trinajstić information content (AvgIpc) is 2.98. The first-order chi connectivity index (χ1) is 10.8. The van der Waals surface area contributed by atoms with Gasteiger partial charge in [-0.15, -0.1) is 11.3 Å². The number of aliphatic carboxylic acids is 1. The number of carbonyl (C=O) groups is 2. The Morgan fingerprint density at radius 2 is 1.96 bits per heavy atom. The number of thiazole rings is 1. The maximum atomic E-state index is 12.7. The van der Waals surface area contributed by atoms with Crippen molar-refractivity contribution in [1.82, 2.24) is 4.98 Å². The van der Waals surface area contributed by atoms with Crippen molar-refractivity contribution in [2.45, 2.75) is 59.3 Å². The Hall–Kier alpha value is -1.43. The number of aromatic nitrogens is 1. The van der Waals surface area contributed by atoms with Gasteiger partial charge in [0.1, 0.15) is 0 Å². The average molecular weight is 336 g/mol. The van der Waals surface area contributed by atoms with Gasteiger partial charge in [-0.3, -0.25) is 9.59 Å². The highest BCUT2D eigenvalue weighted by Crippen LogP contribution is 2.56. The second-order valence-electron chi connectivity index (χ2n) is 7.54. The van der Waals surface area contributed by atoms with E-state index in [0.717, 1.165) is 25.0 Å². The molecule has 1 fully saturated rings.